The van der Waals surface area contributed by atoms with Crippen molar-refractivity contribution in [1.29, 1.82) is 0 Å². The molecule has 0 unspecified atom stereocenters. The molecule has 4 N–H and O–H groups in total. The Hall–Kier alpha value is -0.610. The minimum Gasteiger partial charge on any atom is -0.463 e. The monoisotopic (exact) mass is 202 g/mol. The van der Waals surface area contributed by atoms with Crippen molar-refractivity contribution in [3.05, 3.63) is 0 Å². The third-order valence-corrected chi connectivity index (χ3v) is 1.99. The Morgan fingerprint density at radius 2 is 1.93 bits per heavy atom. The van der Waals surface area contributed by atoms with Crippen molar-refractivity contribution in [3.8, 4) is 0 Å². The molecule has 4 nitrogen and oxygen atoms in total. The molecular weight excluding hydrogens is 180 g/mol. The van der Waals surface area contributed by atoms with E-state index in [0.717, 1.165) is 6.42 Å². The minimum absolute atomic E-state index is 0.0785. The van der Waals surface area contributed by atoms with Crippen LogP contribution in [0.15, 0.2) is 0 Å². The summed E-state index contributed by atoms with van der Waals surface area (Å²) in [5.41, 5.74) is 11.2. The maximum atomic E-state index is 11.3. The Bertz CT molecular complexity index is 172. The van der Waals surface area contributed by atoms with Gasteiger partial charge in [-0.15, -0.1) is 0 Å². The first-order valence-electron chi connectivity index (χ1n) is 5.15. The zero-order valence-corrected chi connectivity index (χ0v) is 9.32. The van der Waals surface area contributed by atoms with Crippen molar-refractivity contribution in [2.24, 2.45) is 17.4 Å². The van der Waals surface area contributed by atoms with Gasteiger partial charge in [-0.25, -0.2) is 0 Å². The van der Waals surface area contributed by atoms with Crippen molar-refractivity contribution in [2.45, 2.75) is 45.7 Å². The second-order valence-electron chi connectivity index (χ2n) is 4.03. The summed E-state index contributed by atoms with van der Waals surface area (Å²) in [6, 6.07) is -0.593. The molecule has 0 aliphatic carbocycles. The quantitative estimate of drug-likeness (QED) is 0.620. The normalized spacial score (nSPS) is 15.3. The molecule has 84 valence electrons. The van der Waals surface area contributed by atoms with Gasteiger partial charge in [0.1, 0.15) is 12.6 Å². The molecule has 14 heavy (non-hydrogen) atoms. The van der Waals surface area contributed by atoms with E-state index in [2.05, 4.69) is 0 Å². The van der Waals surface area contributed by atoms with E-state index in [9.17, 15) is 4.79 Å². The summed E-state index contributed by atoms with van der Waals surface area (Å²) in [5, 5.41) is 0. The lowest BCUT2D eigenvalue weighted by atomic mass is 10.1. The van der Waals surface area contributed by atoms with Crippen LogP contribution in [0.3, 0.4) is 0 Å². The third-order valence-electron chi connectivity index (χ3n) is 1.99. The molecule has 0 fully saturated rings. The van der Waals surface area contributed by atoms with Gasteiger partial charge in [0.2, 0.25) is 0 Å². The topological polar surface area (TPSA) is 78.3 Å². The zero-order chi connectivity index (χ0) is 11.1. The number of carbonyl (C=O) groups excluding carboxylic acids is 1. The van der Waals surface area contributed by atoms with Crippen LogP contribution < -0.4 is 11.5 Å². The van der Waals surface area contributed by atoms with Crippen molar-refractivity contribution < 1.29 is 9.53 Å². The van der Waals surface area contributed by atoms with E-state index in [1.165, 1.54) is 0 Å². The van der Waals surface area contributed by atoms with Crippen molar-refractivity contribution in [2.75, 3.05) is 6.61 Å². The number of ether oxygens (including phenoxy) is 1. The predicted octanol–water partition coefficient (Wildman–Crippen LogP) is 0.640. The van der Waals surface area contributed by atoms with Gasteiger partial charge in [0.25, 0.3) is 0 Å². The van der Waals surface area contributed by atoms with E-state index in [4.69, 9.17) is 16.2 Å². The van der Waals surface area contributed by atoms with Gasteiger partial charge in [-0.3, -0.25) is 4.79 Å². The van der Waals surface area contributed by atoms with Crippen LogP contribution in [0.25, 0.3) is 0 Å². The van der Waals surface area contributed by atoms with E-state index >= 15 is 0 Å². The fourth-order valence-electron chi connectivity index (χ4n) is 1.02. The van der Waals surface area contributed by atoms with Gasteiger partial charge in [0, 0.05) is 6.04 Å². The first-order valence-corrected chi connectivity index (χ1v) is 5.15. The summed E-state index contributed by atoms with van der Waals surface area (Å²) in [6.07, 6.45) is 1.45. The number of rotatable bonds is 6. The first kappa shape index (κ1) is 13.4. The number of esters is 1. The first-order chi connectivity index (χ1) is 6.47. The summed E-state index contributed by atoms with van der Waals surface area (Å²) in [6.45, 7) is 6.25. The highest BCUT2D eigenvalue weighted by Gasteiger charge is 2.16. The van der Waals surface area contributed by atoms with Crippen LogP contribution in [-0.4, -0.2) is 24.7 Å². The number of carbonyl (C=O) groups is 1. The fourth-order valence-corrected chi connectivity index (χ4v) is 1.02. The van der Waals surface area contributed by atoms with Crippen LogP contribution in [0.2, 0.25) is 0 Å². The molecule has 0 saturated heterocycles. The molecule has 0 saturated carbocycles. The van der Waals surface area contributed by atoms with Crippen LogP contribution in [-0.2, 0) is 9.53 Å². The van der Waals surface area contributed by atoms with E-state index in [-0.39, 0.29) is 18.6 Å². The fraction of sp³-hybridized carbons (Fsp3) is 0.900. The van der Waals surface area contributed by atoms with E-state index < -0.39 is 6.04 Å². The van der Waals surface area contributed by atoms with Gasteiger partial charge in [0.15, 0.2) is 0 Å². The lowest BCUT2D eigenvalue weighted by Gasteiger charge is -2.15. The average Bonchev–Trinajstić information content (AvgIpc) is 2.12. The minimum atomic E-state index is -0.515. The molecular formula is C10H22N2O2. The maximum absolute atomic E-state index is 11.3. The second-order valence-corrected chi connectivity index (χ2v) is 4.03. The summed E-state index contributed by atoms with van der Waals surface area (Å²) in [5.74, 6) is 0.0556. The van der Waals surface area contributed by atoms with E-state index in [1.54, 1.807) is 0 Å². The van der Waals surface area contributed by atoms with E-state index in [0.29, 0.717) is 12.3 Å². The summed E-state index contributed by atoms with van der Waals surface area (Å²) in [7, 11) is 0. The van der Waals surface area contributed by atoms with Gasteiger partial charge >= 0.3 is 5.97 Å². The Morgan fingerprint density at radius 1 is 1.36 bits per heavy atom. The highest BCUT2D eigenvalue weighted by atomic mass is 16.5. The lowest BCUT2D eigenvalue weighted by Crippen LogP contribution is -2.36. The molecule has 2 atom stereocenters. The van der Waals surface area contributed by atoms with Crippen LogP contribution in [0, 0.1) is 5.92 Å². The molecule has 0 heterocycles. The number of hydrogen-bond donors (Lipinski definition) is 2. The van der Waals surface area contributed by atoms with Crippen LogP contribution in [0.5, 0.6) is 0 Å². The largest absolute Gasteiger partial charge is 0.463 e. The molecule has 0 aromatic carbocycles. The Balaban J connectivity index is 3.73. The molecule has 0 aliphatic rings. The molecule has 4 heteroatoms. The highest BCUT2D eigenvalue weighted by molar-refractivity contribution is 5.75. The van der Waals surface area contributed by atoms with Crippen molar-refractivity contribution in [3.63, 3.8) is 0 Å². The van der Waals surface area contributed by atoms with Crippen LogP contribution in [0.1, 0.15) is 33.6 Å². The Morgan fingerprint density at radius 3 is 2.36 bits per heavy atom. The number of hydrogen-bond acceptors (Lipinski definition) is 4. The van der Waals surface area contributed by atoms with Gasteiger partial charge in [-0.1, -0.05) is 20.8 Å². The smallest absolute Gasteiger partial charge is 0.322 e. The molecule has 0 aromatic heterocycles. The van der Waals surface area contributed by atoms with Gasteiger partial charge in [0.05, 0.1) is 0 Å². The van der Waals surface area contributed by atoms with Gasteiger partial charge < -0.3 is 16.2 Å². The molecule has 0 aromatic rings. The molecule has 0 aliphatic heterocycles. The maximum Gasteiger partial charge on any atom is 0.322 e. The zero-order valence-electron chi connectivity index (χ0n) is 9.32. The predicted molar refractivity (Wildman–Crippen MR) is 56.7 cm³/mol. The molecule has 0 rings (SSSR count). The molecule has 0 bridgehead atoms. The Labute approximate surface area is 86.0 Å². The van der Waals surface area contributed by atoms with Crippen molar-refractivity contribution >= 4 is 5.97 Å². The molecule has 0 amide bonds. The van der Waals surface area contributed by atoms with Crippen molar-refractivity contribution in [1.82, 2.24) is 0 Å². The summed E-state index contributed by atoms with van der Waals surface area (Å²) < 4.78 is 4.97. The average molecular weight is 202 g/mol. The lowest BCUT2D eigenvalue weighted by molar-refractivity contribution is -0.146. The third kappa shape index (κ3) is 5.94. The second kappa shape index (κ2) is 6.79. The SMILES string of the molecule is CC[C@H](N)COC(=O)[C@@H](N)CC(C)C. The Kier molecular flexibility index (Phi) is 6.49. The molecule has 0 radical (unpaired) electrons. The summed E-state index contributed by atoms with van der Waals surface area (Å²) in [4.78, 5) is 11.3. The van der Waals surface area contributed by atoms with Gasteiger partial charge in [-0.2, -0.15) is 0 Å². The van der Waals surface area contributed by atoms with Crippen LogP contribution in [0.4, 0.5) is 0 Å². The van der Waals surface area contributed by atoms with Gasteiger partial charge in [-0.05, 0) is 18.8 Å². The van der Waals surface area contributed by atoms with Crippen LogP contribution >= 0.6 is 0 Å². The summed E-state index contributed by atoms with van der Waals surface area (Å²) >= 11 is 0. The highest BCUT2D eigenvalue weighted by Crippen LogP contribution is 2.04. The number of nitrogens with two attached hydrogens (primary N) is 2. The standard InChI is InChI=1S/C10H22N2O2/c1-4-8(11)6-14-10(13)9(12)5-7(2)3/h7-9H,4-6,11-12H2,1-3H3/t8-,9-/m0/s1. The molecule has 0 spiro atoms. The van der Waals surface area contributed by atoms with E-state index in [1.807, 2.05) is 20.8 Å².